The van der Waals surface area contributed by atoms with Gasteiger partial charge in [-0.2, -0.15) is 5.10 Å². The summed E-state index contributed by atoms with van der Waals surface area (Å²) in [5, 5.41) is 5.16. The number of piperidine rings is 1. The minimum absolute atomic E-state index is 0.0671. The molecule has 1 heterocycles. The molecule has 0 saturated carbocycles. The number of Topliss-reactive ketones (excluding diaryl/α,β-unsaturated/α-hetero) is 1. The van der Waals surface area contributed by atoms with Crippen LogP contribution in [0.5, 0.6) is 0 Å². The van der Waals surface area contributed by atoms with E-state index in [4.69, 9.17) is 23.2 Å². The highest BCUT2D eigenvalue weighted by Crippen LogP contribution is 2.29. The molecule has 0 amide bonds. The smallest absolute Gasteiger partial charge is 0.196 e. The molecule has 1 saturated heterocycles. The molecule has 0 unspecified atom stereocenters. The van der Waals surface area contributed by atoms with Gasteiger partial charge >= 0.3 is 0 Å². The molecular formula is C14H17Cl2N3O. The van der Waals surface area contributed by atoms with Crippen LogP contribution < -0.4 is 5.43 Å². The third kappa shape index (κ3) is 3.64. The fourth-order valence-electron chi connectivity index (χ4n) is 2.19. The highest BCUT2D eigenvalue weighted by molar-refractivity contribution is 6.40. The van der Waals surface area contributed by atoms with Gasteiger partial charge in [-0.1, -0.05) is 29.3 Å². The summed E-state index contributed by atoms with van der Waals surface area (Å²) in [6.45, 7) is 3.23. The molecule has 4 nitrogen and oxygen atoms in total. The van der Waals surface area contributed by atoms with Crippen molar-refractivity contribution in [2.45, 2.75) is 26.2 Å². The van der Waals surface area contributed by atoms with Crippen LogP contribution in [-0.2, 0) is 4.79 Å². The first-order valence-corrected chi connectivity index (χ1v) is 7.39. The van der Waals surface area contributed by atoms with Crippen molar-refractivity contribution < 1.29 is 4.79 Å². The van der Waals surface area contributed by atoms with Crippen LogP contribution in [0, 0.1) is 0 Å². The molecule has 0 spiro atoms. The zero-order valence-electron chi connectivity index (χ0n) is 11.3. The maximum Gasteiger partial charge on any atom is 0.196 e. The number of ketones is 1. The Bertz CT molecular complexity index is 505. The molecule has 0 atom stereocenters. The van der Waals surface area contributed by atoms with Gasteiger partial charge in [-0.3, -0.25) is 10.2 Å². The number of nitrogens with one attached hydrogen (secondary N) is 1. The number of carbonyl (C=O) groups excluding carboxylic acids is 1. The lowest BCUT2D eigenvalue weighted by atomic mass is 10.1. The fourth-order valence-corrected chi connectivity index (χ4v) is 2.67. The van der Waals surface area contributed by atoms with Crippen LogP contribution in [0.2, 0.25) is 10.0 Å². The molecule has 1 aliphatic heterocycles. The first kappa shape index (κ1) is 15.1. The third-order valence-corrected chi connectivity index (χ3v) is 3.84. The minimum atomic E-state index is -0.0671. The molecule has 1 N–H and O–H groups in total. The Morgan fingerprint density at radius 2 is 1.80 bits per heavy atom. The van der Waals surface area contributed by atoms with Gasteiger partial charge in [0, 0.05) is 20.0 Å². The standard InChI is InChI=1S/C14H17Cl2N3O/c1-10(20)14(19-8-3-2-4-9-19)18-17-13-11(15)6-5-7-12(13)16/h5-7,17H,2-4,8-9H2,1H3/b18-14+. The molecular weight excluding hydrogens is 297 g/mol. The van der Waals surface area contributed by atoms with Gasteiger partial charge in [-0.05, 0) is 31.4 Å². The van der Waals surface area contributed by atoms with E-state index in [1.807, 2.05) is 4.90 Å². The fraction of sp³-hybridized carbons (Fsp3) is 0.429. The molecule has 1 aliphatic rings. The Morgan fingerprint density at radius 1 is 1.20 bits per heavy atom. The summed E-state index contributed by atoms with van der Waals surface area (Å²) < 4.78 is 0. The number of likely N-dealkylation sites (tertiary alicyclic amines) is 1. The number of hydrogen-bond donors (Lipinski definition) is 1. The Labute approximate surface area is 128 Å². The highest BCUT2D eigenvalue weighted by Gasteiger charge is 2.18. The predicted molar refractivity (Wildman–Crippen MR) is 83.6 cm³/mol. The Morgan fingerprint density at radius 3 is 2.35 bits per heavy atom. The Hall–Kier alpha value is -1.26. The molecule has 1 fully saturated rings. The quantitative estimate of drug-likeness (QED) is 0.524. The second-order valence-electron chi connectivity index (χ2n) is 4.75. The summed E-state index contributed by atoms with van der Waals surface area (Å²) >= 11 is 12.1. The van der Waals surface area contributed by atoms with Gasteiger partial charge in [0.2, 0.25) is 0 Å². The first-order valence-electron chi connectivity index (χ1n) is 6.63. The largest absolute Gasteiger partial charge is 0.352 e. The number of amidine groups is 1. The molecule has 0 radical (unpaired) electrons. The summed E-state index contributed by atoms with van der Waals surface area (Å²) in [6, 6.07) is 5.20. The summed E-state index contributed by atoms with van der Waals surface area (Å²) in [6.07, 6.45) is 3.36. The highest BCUT2D eigenvalue weighted by atomic mass is 35.5. The van der Waals surface area contributed by atoms with Crippen molar-refractivity contribution in [2.75, 3.05) is 18.5 Å². The lowest BCUT2D eigenvalue weighted by molar-refractivity contribution is -0.111. The van der Waals surface area contributed by atoms with Gasteiger partial charge in [0.25, 0.3) is 0 Å². The van der Waals surface area contributed by atoms with E-state index in [0.29, 0.717) is 21.6 Å². The van der Waals surface area contributed by atoms with E-state index in [0.717, 1.165) is 25.9 Å². The van der Waals surface area contributed by atoms with Crippen LogP contribution in [0.3, 0.4) is 0 Å². The van der Waals surface area contributed by atoms with Crippen molar-refractivity contribution >= 4 is 40.5 Å². The van der Waals surface area contributed by atoms with Gasteiger partial charge in [0.05, 0.1) is 15.7 Å². The first-order chi connectivity index (χ1) is 9.59. The number of benzene rings is 1. The maximum atomic E-state index is 11.8. The van der Waals surface area contributed by atoms with E-state index in [2.05, 4.69) is 10.5 Å². The van der Waals surface area contributed by atoms with Crippen molar-refractivity contribution in [3.8, 4) is 0 Å². The number of halogens is 2. The second-order valence-corrected chi connectivity index (χ2v) is 5.56. The topological polar surface area (TPSA) is 44.7 Å². The number of rotatable bonds is 3. The molecule has 1 aromatic rings. The molecule has 108 valence electrons. The molecule has 0 bridgehead atoms. The van der Waals surface area contributed by atoms with Crippen LogP contribution in [0.15, 0.2) is 23.3 Å². The van der Waals surface area contributed by atoms with Crippen molar-refractivity contribution in [3.63, 3.8) is 0 Å². The third-order valence-electron chi connectivity index (χ3n) is 3.21. The number of hydrazone groups is 1. The zero-order chi connectivity index (χ0) is 14.5. The molecule has 0 aliphatic carbocycles. The number of carbonyl (C=O) groups is 1. The SMILES string of the molecule is CC(=O)/C(=N\Nc1c(Cl)cccc1Cl)N1CCCCC1. The number of nitrogens with zero attached hydrogens (tertiary/aromatic N) is 2. The van der Waals surface area contributed by atoms with Crippen LogP contribution in [0.25, 0.3) is 0 Å². The Kier molecular flexibility index (Phi) is 5.26. The van der Waals surface area contributed by atoms with Gasteiger partial charge in [0.1, 0.15) is 0 Å². The Balaban J connectivity index is 2.19. The second kappa shape index (κ2) is 6.95. The molecule has 0 aromatic heterocycles. The average molecular weight is 314 g/mol. The summed E-state index contributed by atoms with van der Waals surface area (Å²) in [5.41, 5.74) is 3.34. The minimum Gasteiger partial charge on any atom is -0.352 e. The van der Waals surface area contributed by atoms with Crippen LogP contribution in [0.1, 0.15) is 26.2 Å². The van der Waals surface area contributed by atoms with Gasteiger partial charge in [0.15, 0.2) is 11.6 Å². The number of anilines is 1. The zero-order valence-corrected chi connectivity index (χ0v) is 12.8. The van der Waals surface area contributed by atoms with Crippen LogP contribution in [0.4, 0.5) is 5.69 Å². The number of para-hydroxylation sites is 1. The molecule has 2 rings (SSSR count). The van der Waals surface area contributed by atoms with E-state index in [-0.39, 0.29) is 5.78 Å². The van der Waals surface area contributed by atoms with Crippen molar-refractivity contribution in [1.29, 1.82) is 0 Å². The summed E-state index contributed by atoms with van der Waals surface area (Å²) in [5.74, 6) is 0.364. The maximum absolute atomic E-state index is 11.8. The van der Waals surface area contributed by atoms with Gasteiger partial charge in [-0.15, -0.1) is 0 Å². The van der Waals surface area contributed by atoms with Crippen molar-refractivity contribution in [1.82, 2.24) is 4.90 Å². The van der Waals surface area contributed by atoms with E-state index >= 15 is 0 Å². The summed E-state index contributed by atoms with van der Waals surface area (Å²) in [7, 11) is 0. The van der Waals surface area contributed by atoms with Crippen molar-refractivity contribution in [3.05, 3.63) is 28.2 Å². The molecule has 20 heavy (non-hydrogen) atoms. The average Bonchev–Trinajstić information content (AvgIpc) is 2.43. The van der Waals surface area contributed by atoms with Crippen LogP contribution >= 0.6 is 23.2 Å². The number of hydrogen-bond acceptors (Lipinski definition) is 3. The van der Waals surface area contributed by atoms with Crippen molar-refractivity contribution in [2.24, 2.45) is 5.10 Å². The lowest BCUT2D eigenvalue weighted by Crippen LogP contribution is -2.39. The van der Waals surface area contributed by atoms with Gasteiger partial charge in [-0.25, -0.2) is 0 Å². The summed E-state index contributed by atoms with van der Waals surface area (Å²) in [4.78, 5) is 13.8. The lowest BCUT2D eigenvalue weighted by Gasteiger charge is -2.28. The monoisotopic (exact) mass is 313 g/mol. The van der Waals surface area contributed by atoms with E-state index in [1.165, 1.54) is 13.3 Å². The van der Waals surface area contributed by atoms with Crippen LogP contribution in [-0.4, -0.2) is 29.6 Å². The molecule has 1 aromatic carbocycles. The van der Waals surface area contributed by atoms with Gasteiger partial charge < -0.3 is 4.90 Å². The molecule has 6 heteroatoms. The van der Waals surface area contributed by atoms with E-state index in [1.54, 1.807) is 18.2 Å². The predicted octanol–water partition coefficient (Wildman–Crippen LogP) is 3.79. The van der Waals surface area contributed by atoms with E-state index < -0.39 is 0 Å². The van der Waals surface area contributed by atoms with E-state index in [9.17, 15) is 4.79 Å². The normalized spacial score (nSPS) is 16.1.